The average Bonchev–Trinajstić information content (AvgIpc) is 2.21. The number of phenolic OH excluding ortho intramolecular Hbond substituents is 1. The summed E-state index contributed by atoms with van der Waals surface area (Å²) in [6, 6.07) is 3.60. The highest BCUT2D eigenvalue weighted by Gasteiger charge is 2.20. The van der Waals surface area contributed by atoms with Gasteiger partial charge < -0.3 is 9.84 Å². The lowest BCUT2D eigenvalue weighted by molar-refractivity contribution is -0.139. The summed E-state index contributed by atoms with van der Waals surface area (Å²) in [5, 5.41) is 9.98. The molecule has 17 heavy (non-hydrogen) atoms. The van der Waals surface area contributed by atoms with E-state index in [0.29, 0.717) is 0 Å². The molecule has 0 heterocycles. The molecule has 1 aromatic carbocycles. The molecule has 0 aliphatic heterocycles. The van der Waals surface area contributed by atoms with Crippen LogP contribution in [0.2, 0.25) is 0 Å². The van der Waals surface area contributed by atoms with Crippen LogP contribution in [0, 0.1) is 6.92 Å². The van der Waals surface area contributed by atoms with E-state index in [-0.39, 0.29) is 23.6 Å². The van der Waals surface area contributed by atoms with E-state index in [1.165, 1.54) is 7.11 Å². The molecule has 0 saturated carbocycles. The van der Waals surface area contributed by atoms with Gasteiger partial charge in [-0.05, 0) is 35.1 Å². The highest BCUT2D eigenvalue weighted by atomic mass is 16.5. The maximum atomic E-state index is 11.2. The van der Waals surface area contributed by atoms with Gasteiger partial charge in [-0.1, -0.05) is 26.8 Å². The minimum absolute atomic E-state index is 0.112. The van der Waals surface area contributed by atoms with Crippen molar-refractivity contribution in [3.05, 3.63) is 28.8 Å². The molecule has 0 aliphatic carbocycles. The zero-order chi connectivity index (χ0) is 13.2. The van der Waals surface area contributed by atoms with Crippen molar-refractivity contribution in [2.75, 3.05) is 7.11 Å². The predicted octanol–water partition coefficient (Wildman–Crippen LogP) is 2.71. The molecule has 0 aliphatic rings. The molecular formula is C14H20O3. The van der Waals surface area contributed by atoms with Crippen LogP contribution in [0.4, 0.5) is 0 Å². The molecule has 3 heteroatoms. The molecule has 3 nitrogen and oxygen atoms in total. The standard InChI is InChI=1S/C14H20O3/c1-9-6-11(14(2,3)4)12(15)7-10(9)8-13(16)17-5/h6-7,15H,8H2,1-5H3. The third-order valence-electron chi connectivity index (χ3n) is 2.82. The Hall–Kier alpha value is -1.51. The Kier molecular flexibility index (Phi) is 3.81. The number of aryl methyl sites for hydroxylation is 1. The van der Waals surface area contributed by atoms with Gasteiger partial charge in [-0.15, -0.1) is 0 Å². The summed E-state index contributed by atoms with van der Waals surface area (Å²) in [5.41, 5.74) is 2.59. The molecule has 94 valence electrons. The fourth-order valence-corrected chi connectivity index (χ4v) is 1.76. The number of hydrogen-bond donors (Lipinski definition) is 1. The number of methoxy groups -OCH3 is 1. The van der Waals surface area contributed by atoms with E-state index >= 15 is 0 Å². The molecule has 1 rings (SSSR count). The summed E-state index contributed by atoms with van der Waals surface area (Å²) >= 11 is 0. The maximum Gasteiger partial charge on any atom is 0.309 e. The van der Waals surface area contributed by atoms with Crippen LogP contribution in [0.1, 0.15) is 37.5 Å². The highest BCUT2D eigenvalue weighted by molar-refractivity contribution is 5.73. The zero-order valence-corrected chi connectivity index (χ0v) is 11.1. The summed E-state index contributed by atoms with van der Waals surface area (Å²) < 4.78 is 4.63. The van der Waals surface area contributed by atoms with E-state index in [1.807, 2.05) is 33.8 Å². The van der Waals surface area contributed by atoms with Gasteiger partial charge in [0.1, 0.15) is 5.75 Å². The first-order chi connectivity index (χ1) is 7.75. The third-order valence-corrected chi connectivity index (χ3v) is 2.82. The predicted molar refractivity (Wildman–Crippen MR) is 67.3 cm³/mol. The molecule has 0 fully saturated rings. The van der Waals surface area contributed by atoms with Crippen molar-refractivity contribution in [1.82, 2.24) is 0 Å². The van der Waals surface area contributed by atoms with Crippen LogP contribution in [-0.2, 0) is 21.4 Å². The molecule has 1 N–H and O–H groups in total. The van der Waals surface area contributed by atoms with Crippen molar-refractivity contribution in [1.29, 1.82) is 0 Å². The number of hydrogen-bond acceptors (Lipinski definition) is 3. The summed E-state index contributed by atoms with van der Waals surface area (Å²) in [4.78, 5) is 11.2. The topological polar surface area (TPSA) is 46.5 Å². The first kappa shape index (κ1) is 13.6. The van der Waals surface area contributed by atoms with Gasteiger partial charge >= 0.3 is 5.97 Å². The Morgan fingerprint density at radius 2 is 1.94 bits per heavy atom. The second kappa shape index (κ2) is 4.78. The van der Waals surface area contributed by atoms with E-state index < -0.39 is 0 Å². The first-order valence-corrected chi connectivity index (χ1v) is 5.65. The zero-order valence-electron chi connectivity index (χ0n) is 11.1. The highest BCUT2D eigenvalue weighted by Crippen LogP contribution is 2.33. The van der Waals surface area contributed by atoms with Crippen LogP contribution in [0.5, 0.6) is 5.75 Å². The van der Waals surface area contributed by atoms with Gasteiger partial charge in [-0.2, -0.15) is 0 Å². The SMILES string of the molecule is COC(=O)Cc1cc(O)c(C(C)(C)C)cc1C. The van der Waals surface area contributed by atoms with Crippen LogP contribution >= 0.6 is 0 Å². The number of ether oxygens (including phenoxy) is 1. The number of carbonyl (C=O) groups excluding carboxylic acids is 1. The summed E-state index contributed by atoms with van der Waals surface area (Å²) in [5.74, 6) is -0.0574. The largest absolute Gasteiger partial charge is 0.508 e. The molecule has 0 saturated heterocycles. The third kappa shape index (κ3) is 3.22. The van der Waals surface area contributed by atoms with Crippen LogP contribution in [0.3, 0.4) is 0 Å². The average molecular weight is 236 g/mol. The minimum Gasteiger partial charge on any atom is -0.508 e. The number of benzene rings is 1. The van der Waals surface area contributed by atoms with Gasteiger partial charge in [0, 0.05) is 0 Å². The lowest BCUT2D eigenvalue weighted by Gasteiger charge is -2.22. The van der Waals surface area contributed by atoms with Crippen molar-refractivity contribution in [3.63, 3.8) is 0 Å². The first-order valence-electron chi connectivity index (χ1n) is 5.65. The second-order valence-electron chi connectivity index (χ2n) is 5.30. The van der Waals surface area contributed by atoms with Gasteiger partial charge in [0.25, 0.3) is 0 Å². The number of phenols is 1. The van der Waals surface area contributed by atoms with E-state index in [0.717, 1.165) is 16.7 Å². The molecule has 0 spiro atoms. The van der Waals surface area contributed by atoms with E-state index in [2.05, 4.69) is 4.74 Å². The number of esters is 1. The minimum atomic E-state index is -0.295. The Morgan fingerprint density at radius 3 is 2.41 bits per heavy atom. The number of rotatable bonds is 2. The van der Waals surface area contributed by atoms with Crippen LogP contribution in [0.15, 0.2) is 12.1 Å². The maximum absolute atomic E-state index is 11.2. The van der Waals surface area contributed by atoms with Gasteiger partial charge in [0.05, 0.1) is 13.5 Å². The molecule has 0 radical (unpaired) electrons. The molecule has 0 bridgehead atoms. The fourth-order valence-electron chi connectivity index (χ4n) is 1.76. The number of aromatic hydroxyl groups is 1. The molecular weight excluding hydrogens is 216 g/mol. The lowest BCUT2D eigenvalue weighted by Crippen LogP contribution is -2.13. The van der Waals surface area contributed by atoms with Crippen molar-refractivity contribution >= 4 is 5.97 Å². The van der Waals surface area contributed by atoms with Gasteiger partial charge in [-0.3, -0.25) is 4.79 Å². The van der Waals surface area contributed by atoms with Crippen molar-refractivity contribution in [2.24, 2.45) is 0 Å². The smallest absolute Gasteiger partial charge is 0.309 e. The Labute approximate surface area is 102 Å². The van der Waals surface area contributed by atoms with Crippen molar-refractivity contribution < 1.29 is 14.6 Å². The van der Waals surface area contributed by atoms with Gasteiger partial charge in [0.15, 0.2) is 0 Å². The van der Waals surface area contributed by atoms with Crippen LogP contribution in [-0.4, -0.2) is 18.2 Å². The molecule has 0 unspecified atom stereocenters. The fraction of sp³-hybridized carbons (Fsp3) is 0.500. The summed E-state index contributed by atoms with van der Waals surface area (Å²) in [7, 11) is 1.36. The van der Waals surface area contributed by atoms with Gasteiger partial charge in [0.2, 0.25) is 0 Å². The van der Waals surface area contributed by atoms with Crippen LogP contribution in [0.25, 0.3) is 0 Å². The lowest BCUT2D eigenvalue weighted by atomic mass is 9.84. The molecule has 0 atom stereocenters. The molecule has 0 aromatic heterocycles. The van der Waals surface area contributed by atoms with E-state index in [1.54, 1.807) is 6.07 Å². The van der Waals surface area contributed by atoms with E-state index in [9.17, 15) is 9.90 Å². The van der Waals surface area contributed by atoms with Crippen molar-refractivity contribution in [3.8, 4) is 5.75 Å². The van der Waals surface area contributed by atoms with Gasteiger partial charge in [-0.25, -0.2) is 0 Å². The molecule has 0 amide bonds. The Morgan fingerprint density at radius 1 is 1.35 bits per heavy atom. The van der Waals surface area contributed by atoms with Crippen LogP contribution < -0.4 is 0 Å². The normalized spacial score (nSPS) is 11.4. The second-order valence-corrected chi connectivity index (χ2v) is 5.30. The number of carbonyl (C=O) groups is 1. The van der Waals surface area contributed by atoms with E-state index in [4.69, 9.17) is 0 Å². The summed E-state index contributed by atoms with van der Waals surface area (Å²) in [6.45, 7) is 8.07. The Bertz CT molecular complexity index is 428. The molecule has 1 aromatic rings. The Balaban J connectivity index is 3.14. The monoisotopic (exact) mass is 236 g/mol. The van der Waals surface area contributed by atoms with Crippen molar-refractivity contribution in [2.45, 2.75) is 39.5 Å². The summed E-state index contributed by atoms with van der Waals surface area (Å²) in [6.07, 6.45) is 0.195. The quantitative estimate of drug-likeness (QED) is 0.803.